The molecule has 0 unspecified atom stereocenters. The first kappa shape index (κ1) is 60.4. The number of rotatable bonds is 50. The van der Waals surface area contributed by atoms with Crippen LogP contribution in [0.4, 0.5) is 0 Å². The highest BCUT2D eigenvalue weighted by Crippen LogP contribution is 2.18. The zero-order valence-corrected chi connectivity index (χ0v) is 42.5. The predicted molar refractivity (Wildman–Crippen MR) is 266 cm³/mol. The second kappa shape index (κ2) is 48.9. The summed E-state index contributed by atoms with van der Waals surface area (Å²) in [5.41, 5.74) is 0. The van der Waals surface area contributed by atoms with E-state index in [-0.39, 0.29) is 31.1 Å². The van der Waals surface area contributed by atoms with Crippen molar-refractivity contribution in [2.75, 3.05) is 13.2 Å². The van der Waals surface area contributed by atoms with Crippen molar-refractivity contribution in [2.24, 2.45) is 11.8 Å². The summed E-state index contributed by atoms with van der Waals surface area (Å²) in [6.07, 6.45) is 50.9. The summed E-state index contributed by atoms with van der Waals surface area (Å²) >= 11 is 0. The Morgan fingerprint density at radius 3 is 0.790 bits per heavy atom. The maximum Gasteiger partial charge on any atom is 0.306 e. The lowest BCUT2D eigenvalue weighted by molar-refractivity contribution is -0.167. The van der Waals surface area contributed by atoms with Gasteiger partial charge < -0.3 is 14.2 Å². The molecule has 1 atom stereocenters. The molecular weight excluding hydrogens is 769 g/mol. The first-order valence-corrected chi connectivity index (χ1v) is 27.7. The molecule has 0 aromatic heterocycles. The van der Waals surface area contributed by atoms with E-state index in [4.69, 9.17) is 14.2 Å². The van der Waals surface area contributed by atoms with Crippen molar-refractivity contribution < 1.29 is 28.6 Å². The van der Waals surface area contributed by atoms with Gasteiger partial charge in [-0.05, 0) is 31.1 Å². The lowest BCUT2D eigenvalue weighted by atomic mass is 10.0. The van der Waals surface area contributed by atoms with E-state index in [1.54, 1.807) is 0 Å². The van der Waals surface area contributed by atoms with Crippen LogP contribution >= 0.6 is 0 Å². The minimum atomic E-state index is -0.762. The third-order valence-corrected chi connectivity index (χ3v) is 12.7. The second-order valence-electron chi connectivity index (χ2n) is 20.2. The highest BCUT2D eigenvalue weighted by molar-refractivity contribution is 5.71. The van der Waals surface area contributed by atoms with Gasteiger partial charge in [-0.3, -0.25) is 14.4 Å². The largest absolute Gasteiger partial charge is 0.462 e. The molecule has 0 aliphatic rings. The van der Waals surface area contributed by atoms with Crippen LogP contribution in [-0.2, 0) is 28.6 Å². The lowest BCUT2D eigenvalue weighted by Gasteiger charge is -2.18. The van der Waals surface area contributed by atoms with Gasteiger partial charge in [0.15, 0.2) is 6.10 Å². The fourth-order valence-electron chi connectivity index (χ4n) is 8.52. The van der Waals surface area contributed by atoms with E-state index in [1.807, 2.05) is 0 Å². The summed E-state index contributed by atoms with van der Waals surface area (Å²) in [6.45, 7) is 11.4. The molecule has 0 aliphatic heterocycles. The average Bonchev–Trinajstić information content (AvgIpc) is 3.24. The fraction of sp³-hybridized carbons (Fsp3) is 0.946. The number of esters is 3. The molecule has 0 saturated heterocycles. The summed E-state index contributed by atoms with van der Waals surface area (Å²) in [5, 5.41) is 0. The van der Waals surface area contributed by atoms with Crippen molar-refractivity contribution >= 4 is 17.9 Å². The Morgan fingerprint density at radius 2 is 0.532 bits per heavy atom. The molecule has 0 fully saturated rings. The topological polar surface area (TPSA) is 78.9 Å². The van der Waals surface area contributed by atoms with E-state index >= 15 is 0 Å². The Balaban J connectivity index is 4.28. The third-order valence-electron chi connectivity index (χ3n) is 12.7. The molecule has 0 rings (SSSR count). The molecule has 0 heterocycles. The Bertz CT molecular complexity index is 947. The number of hydrogen-bond donors (Lipinski definition) is 0. The Labute approximate surface area is 387 Å². The van der Waals surface area contributed by atoms with Gasteiger partial charge in [0.25, 0.3) is 0 Å². The Hall–Kier alpha value is -1.59. The summed E-state index contributed by atoms with van der Waals surface area (Å²) < 4.78 is 16.8. The Morgan fingerprint density at radius 1 is 0.306 bits per heavy atom. The van der Waals surface area contributed by atoms with Crippen LogP contribution in [-0.4, -0.2) is 37.2 Å². The molecule has 0 N–H and O–H groups in total. The molecule has 0 bridgehead atoms. The van der Waals surface area contributed by atoms with Crippen LogP contribution in [0.1, 0.15) is 311 Å². The van der Waals surface area contributed by atoms with Crippen LogP contribution in [0.15, 0.2) is 0 Å². The van der Waals surface area contributed by atoms with Gasteiger partial charge in [-0.25, -0.2) is 0 Å². The molecule has 6 heteroatoms. The van der Waals surface area contributed by atoms with Gasteiger partial charge in [-0.2, -0.15) is 0 Å². The SMILES string of the molecule is CCCCCCCCCCCCCC(=O)OC[C@@H](COC(=O)CCCCCCCCCCCCCCC(C)C)OC(=O)CCCCCCCCCCCCCCCCCC(C)C. The maximum absolute atomic E-state index is 12.8. The van der Waals surface area contributed by atoms with Gasteiger partial charge in [-0.15, -0.1) is 0 Å². The zero-order chi connectivity index (χ0) is 45.4. The molecule has 62 heavy (non-hydrogen) atoms. The van der Waals surface area contributed by atoms with Gasteiger partial charge in [0.2, 0.25) is 0 Å². The first-order valence-electron chi connectivity index (χ1n) is 27.7. The molecular formula is C56H108O6. The average molecular weight is 877 g/mol. The predicted octanol–water partition coefficient (Wildman–Crippen LogP) is 18.1. The van der Waals surface area contributed by atoms with E-state index in [0.29, 0.717) is 19.3 Å². The lowest BCUT2D eigenvalue weighted by Crippen LogP contribution is -2.30. The van der Waals surface area contributed by atoms with Gasteiger partial charge in [0.05, 0.1) is 0 Å². The number of carbonyl (C=O) groups is 3. The molecule has 0 aliphatic carbocycles. The van der Waals surface area contributed by atoms with Crippen LogP contribution in [0.2, 0.25) is 0 Å². The standard InChI is InChI=1S/C56H108O6/c1-6-7-8-9-10-11-19-26-31-36-41-46-54(57)60-49-53(50-61-55(58)47-42-37-32-27-22-18-17-21-25-30-35-40-45-52(4)5)62-56(59)48-43-38-33-28-23-16-14-12-13-15-20-24-29-34-39-44-51(2)3/h51-53H,6-50H2,1-5H3/t53-/m0/s1. The quantitative estimate of drug-likeness (QED) is 0.0344. The minimum Gasteiger partial charge on any atom is -0.462 e. The molecule has 368 valence electrons. The second-order valence-corrected chi connectivity index (χ2v) is 20.2. The van der Waals surface area contributed by atoms with E-state index < -0.39 is 6.10 Å². The molecule has 0 spiro atoms. The van der Waals surface area contributed by atoms with E-state index in [2.05, 4.69) is 34.6 Å². The van der Waals surface area contributed by atoms with Crippen LogP contribution in [0.25, 0.3) is 0 Å². The first-order chi connectivity index (χ1) is 30.2. The van der Waals surface area contributed by atoms with Crippen LogP contribution in [0, 0.1) is 11.8 Å². The highest BCUT2D eigenvalue weighted by Gasteiger charge is 2.19. The molecule has 0 radical (unpaired) electrons. The molecule has 0 amide bonds. The van der Waals surface area contributed by atoms with Gasteiger partial charge in [0, 0.05) is 19.3 Å². The maximum atomic E-state index is 12.8. The van der Waals surface area contributed by atoms with E-state index in [1.165, 1.54) is 199 Å². The number of carbonyl (C=O) groups excluding carboxylic acids is 3. The van der Waals surface area contributed by atoms with Crippen molar-refractivity contribution in [1.82, 2.24) is 0 Å². The van der Waals surface area contributed by atoms with Crippen molar-refractivity contribution in [3.05, 3.63) is 0 Å². The summed E-state index contributed by atoms with van der Waals surface area (Å²) in [7, 11) is 0. The third kappa shape index (κ3) is 49.4. The van der Waals surface area contributed by atoms with E-state index in [9.17, 15) is 14.4 Å². The van der Waals surface area contributed by atoms with Crippen LogP contribution in [0.5, 0.6) is 0 Å². The summed E-state index contributed by atoms with van der Waals surface area (Å²) in [6, 6.07) is 0. The van der Waals surface area contributed by atoms with Crippen molar-refractivity contribution in [3.63, 3.8) is 0 Å². The van der Waals surface area contributed by atoms with Crippen molar-refractivity contribution in [2.45, 2.75) is 317 Å². The number of hydrogen-bond acceptors (Lipinski definition) is 6. The van der Waals surface area contributed by atoms with E-state index in [0.717, 1.165) is 69.6 Å². The summed E-state index contributed by atoms with van der Waals surface area (Å²) in [5.74, 6) is 0.839. The van der Waals surface area contributed by atoms with Crippen LogP contribution < -0.4 is 0 Å². The minimum absolute atomic E-state index is 0.0630. The normalized spacial score (nSPS) is 12.0. The fourth-order valence-corrected chi connectivity index (χ4v) is 8.52. The smallest absolute Gasteiger partial charge is 0.306 e. The molecule has 0 saturated carbocycles. The molecule has 6 nitrogen and oxygen atoms in total. The monoisotopic (exact) mass is 877 g/mol. The molecule has 0 aromatic carbocycles. The molecule has 0 aromatic rings. The number of ether oxygens (including phenoxy) is 3. The van der Waals surface area contributed by atoms with Crippen LogP contribution in [0.3, 0.4) is 0 Å². The van der Waals surface area contributed by atoms with Gasteiger partial charge in [-0.1, -0.05) is 272 Å². The zero-order valence-electron chi connectivity index (χ0n) is 42.5. The number of unbranched alkanes of at least 4 members (excludes halogenated alkanes) is 35. The summed E-state index contributed by atoms with van der Waals surface area (Å²) in [4.78, 5) is 38.0. The Kier molecular flexibility index (Phi) is 47.6. The van der Waals surface area contributed by atoms with Gasteiger partial charge >= 0.3 is 17.9 Å². The van der Waals surface area contributed by atoms with Gasteiger partial charge in [0.1, 0.15) is 13.2 Å². The highest BCUT2D eigenvalue weighted by atomic mass is 16.6. The van der Waals surface area contributed by atoms with Crippen molar-refractivity contribution in [3.8, 4) is 0 Å². The van der Waals surface area contributed by atoms with Crippen molar-refractivity contribution in [1.29, 1.82) is 0 Å².